The first-order valence-corrected chi connectivity index (χ1v) is 12.1. The van der Waals surface area contributed by atoms with Crippen molar-refractivity contribution in [3.8, 4) is 17.2 Å². The van der Waals surface area contributed by atoms with Gasteiger partial charge in [0.1, 0.15) is 17.6 Å². The summed E-state index contributed by atoms with van der Waals surface area (Å²) in [6.07, 6.45) is 4.32. The molecule has 36 heavy (non-hydrogen) atoms. The Kier molecular flexibility index (Phi) is 7.28. The summed E-state index contributed by atoms with van der Waals surface area (Å²) >= 11 is 0. The van der Waals surface area contributed by atoms with E-state index in [-0.39, 0.29) is 18.6 Å². The number of carbonyl (C=O) groups is 1. The van der Waals surface area contributed by atoms with Crippen LogP contribution in [0.15, 0.2) is 91.3 Å². The van der Waals surface area contributed by atoms with E-state index in [0.29, 0.717) is 26.1 Å². The molecule has 0 saturated carbocycles. The van der Waals surface area contributed by atoms with Crippen LogP contribution in [0.4, 0.5) is 0 Å². The van der Waals surface area contributed by atoms with Crippen molar-refractivity contribution >= 4 is 5.91 Å². The molecule has 2 heterocycles. The van der Waals surface area contributed by atoms with Gasteiger partial charge in [0.25, 0.3) is 0 Å². The zero-order chi connectivity index (χ0) is 24.7. The molecule has 3 aromatic carbocycles. The van der Waals surface area contributed by atoms with Gasteiger partial charge in [0.2, 0.25) is 5.91 Å². The van der Waals surface area contributed by atoms with Crippen molar-refractivity contribution in [2.24, 2.45) is 0 Å². The smallest absolute Gasteiger partial charge is 0.234 e. The number of nitrogens with zero attached hydrogens (tertiary/aromatic N) is 3. The van der Waals surface area contributed by atoms with Gasteiger partial charge in [0.05, 0.1) is 25.5 Å². The lowest BCUT2D eigenvalue weighted by Gasteiger charge is -2.24. The van der Waals surface area contributed by atoms with E-state index in [9.17, 15) is 4.79 Å². The molecule has 1 aromatic heterocycles. The van der Waals surface area contributed by atoms with E-state index >= 15 is 0 Å². The predicted octanol–water partition coefficient (Wildman–Crippen LogP) is 4.18. The lowest BCUT2D eigenvalue weighted by atomic mass is 10.1. The monoisotopic (exact) mass is 482 g/mol. The third-order valence-electron chi connectivity index (χ3n) is 6.31. The number of rotatable bonds is 8. The summed E-state index contributed by atoms with van der Waals surface area (Å²) in [5, 5.41) is 7.50. The highest BCUT2D eigenvalue weighted by molar-refractivity contribution is 5.78. The number of fused-ring (bicyclic) bond motifs is 1. The van der Waals surface area contributed by atoms with Gasteiger partial charge in [-0.25, -0.2) is 4.68 Å². The molecule has 0 bridgehead atoms. The van der Waals surface area contributed by atoms with Crippen LogP contribution in [-0.2, 0) is 17.8 Å². The van der Waals surface area contributed by atoms with Gasteiger partial charge < -0.3 is 14.8 Å². The van der Waals surface area contributed by atoms with Crippen LogP contribution >= 0.6 is 0 Å². The van der Waals surface area contributed by atoms with Gasteiger partial charge in [0, 0.05) is 37.0 Å². The average Bonchev–Trinajstić information content (AvgIpc) is 3.30. The van der Waals surface area contributed by atoms with Crippen molar-refractivity contribution in [1.29, 1.82) is 0 Å². The Bertz CT molecular complexity index is 1300. The second-order valence-electron chi connectivity index (χ2n) is 8.85. The van der Waals surface area contributed by atoms with Gasteiger partial charge in [0.15, 0.2) is 0 Å². The quantitative estimate of drug-likeness (QED) is 0.408. The Morgan fingerprint density at radius 1 is 1.06 bits per heavy atom. The number of nitrogens with one attached hydrogen (secondary N) is 1. The number of para-hydroxylation sites is 3. The minimum Gasteiger partial charge on any atom is -0.496 e. The second-order valence-corrected chi connectivity index (χ2v) is 8.85. The molecule has 1 N–H and O–H groups in total. The highest BCUT2D eigenvalue weighted by atomic mass is 16.5. The summed E-state index contributed by atoms with van der Waals surface area (Å²) in [7, 11) is 1.66. The standard InChI is InChI=1S/C29H30N4O3/c1-35-27-14-8-6-12-25(27)28-20-32(19-23-9-5-7-13-26(23)36-28)21-29(34)30-16-15-22-17-31-33(18-22)24-10-3-2-4-11-24/h2-14,17-18,28H,15-16,19-21H2,1H3,(H,30,34). The number of carbonyl (C=O) groups excluding carboxylic acids is 1. The van der Waals surface area contributed by atoms with Crippen LogP contribution in [0.3, 0.4) is 0 Å². The number of benzene rings is 3. The lowest BCUT2D eigenvalue weighted by Crippen LogP contribution is -2.39. The number of hydrogen-bond donors (Lipinski definition) is 1. The molecule has 0 saturated heterocycles. The molecule has 1 atom stereocenters. The van der Waals surface area contributed by atoms with E-state index in [1.54, 1.807) is 7.11 Å². The number of methoxy groups -OCH3 is 1. The van der Waals surface area contributed by atoms with Crippen molar-refractivity contribution in [3.05, 3.63) is 108 Å². The van der Waals surface area contributed by atoms with Crippen LogP contribution in [0.25, 0.3) is 5.69 Å². The number of amides is 1. The zero-order valence-electron chi connectivity index (χ0n) is 20.3. The number of aromatic nitrogens is 2. The molecular formula is C29H30N4O3. The summed E-state index contributed by atoms with van der Waals surface area (Å²) in [5.41, 5.74) is 4.13. The molecule has 7 nitrogen and oxygen atoms in total. The molecular weight excluding hydrogens is 452 g/mol. The van der Waals surface area contributed by atoms with Gasteiger partial charge in [-0.15, -0.1) is 0 Å². The van der Waals surface area contributed by atoms with E-state index in [1.807, 2.05) is 89.9 Å². The second kappa shape index (κ2) is 11.1. The van der Waals surface area contributed by atoms with E-state index in [4.69, 9.17) is 9.47 Å². The van der Waals surface area contributed by atoms with Crippen molar-refractivity contribution in [3.63, 3.8) is 0 Å². The molecule has 7 heteroatoms. The SMILES string of the molecule is COc1ccccc1C1CN(CC(=O)NCCc2cnn(-c3ccccc3)c2)Cc2ccccc2O1. The van der Waals surface area contributed by atoms with Gasteiger partial charge in [-0.1, -0.05) is 54.6 Å². The summed E-state index contributed by atoms with van der Waals surface area (Å²) in [6.45, 7) is 2.05. The van der Waals surface area contributed by atoms with Gasteiger partial charge in [-0.05, 0) is 36.2 Å². The van der Waals surface area contributed by atoms with Crippen LogP contribution in [0.1, 0.15) is 22.8 Å². The third-order valence-corrected chi connectivity index (χ3v) is 6.31. The fourth-order valence-electron chi connectivity index (χ4n) is 4.51. The maximum Gasteiger partial charge on any atom is 0.234 e. The Labute approximate surface area is 211 Å². The number of ether oxygens (including phenoxy) is 2. The van der Waals surface area contributed by atoms with Crippen LogP contribution in [0.5, 0.6) is 11.5 Å². The molecule has 1 aliphatic heterocycles. The molecule has 0 radical (unpaired) electrons. The van der Waals surface area contributed by atoms with Crippen molar-refractivity contribution < 1.29 is 14.3 Å². The Morgan fingerprint density at radius 2 is 1.83 bits per heavy atom. The molecule has 4 aromatic rings. The summed E-state index contributed by atoms with van der Waals surface area (Å²) in [6, 6.07) is 25.9. The number of hydrogen-bond acceptors (Lipinski definition) is 5. The van der Waals surface area contributed by atoms with Crippen molar-refractivity contribution in [2.75, 3.05) is 26.7 Å². The predicted molar refractivity (Wildman–Crippen MR) is 138 cm³/mol. The van der Waals surface area contributed by atoms with Crippen molar-refractivity contribution in [2.45, 2.75) is 19.1 Å². The molecule has 5 rings (SSSR count). The van der Waals surface area contributed by atoms with Gasteiger partial charge in [-0.3, -0.25) is 9.69 Å². The Morgan fingerprint density at radius 3 is 2.69 bits per heavy atom. The van der Waals surface area contributed by atoms with Crippen LogP contribution in [0.2, 0.25) is 0 Å². The van der Waals surface area contributed by atoms with E-state index in [1.165, 1.54) is 0 Å². The molecule has 0 fully saturated rings. The van der Waals surface area contributed by atoms with Gasteiger partial charge >= 0.3 is 0 Å². The first-order chi connectivity index (χ1) is 17.7. The third kappa shape index (κ3) is 5.58. The first kappa shape index (κ1) is 23.6. The Hall–Kier alpha value is -4.10. The minimum atomic E-state index is -0.249. The maximum atomic E-state index is 12.9. The summed E-state index contributed by atoms with van der Waals surface area (Å²) < 4.78 is 13.8. The van der Waals surface area contributed by atoms with Crippen LogP contribution in [0, 0.1) is 0 Å². The van der Waals surface area contributed by atoms with E-state index in [0.717, 1.165) is 33.9 Å². The Balaban J connectivity index is 1.22. The summed E-state index contributed by atoms with van der Waals surface area (Å²) in [4.78, 5) is 15.0. The largest absolute Gasteiger partial charge is 0.496 e. The zero-order valence-corrected chi connectivity index (χ0v) is 20.3. The minimum absolute atomic E-state index is 0.0105. The highest BCUT2D eigenvalue weighted by Crippen LogP contribution is 2.34. The topological polar surface area (TPSA) is 68.6 Å². The maximum absolute atomic E-state index is 12.9. The average molecular weight is 483 g/mol. The molecule has 1 aliphatic rings. The molecule has 0 aliphatic carbocycles. The van der Waals surface area contributed by atoms with Gasteiger partial charge in [-0.2, -0.15) is 5.10 Å². The highest BCUT2D eigenvalue weighted by Gasteiger charge is 2.27. The van der Waals surface area contributed by atoms with Crippen LogP contribution in [-0.4, -0.2) is 47.3 Å². The van der Waals surface area contributed by atoms with E-state index < -0.39 is 0 Å². The fraction of sp³-hybridized carbons (Fsp3) is 0.241. The molecule has 0 spiro atoms. The lowest BCUT2D eigenvalue weighted by molar-refractivity contribution is -0.122. The van der Waals surface area contributed by atoms with Crippen molar-refractivity contribution in [1.82, 2.24) is 20.0 Å². The first-order valence-electron chi connectivity index (χ1n) is 12.1. The molecule has 184 valence electrons. The summed E-state index contributed by atoms with van der Waals surface area (Å²) in [5.74, 6) is 1.61. The van der Waals surface area contributed by atoms with Crippen LogP contribution < -0.4 is 14.8 Å². The normalized spacial score (nSPS) is 15.4. The van der Waals surface area contributed by atoms with E-state index in [2.05, 4.69) is 21.4 Å². The fourth-order valence-corrected chi connectivity index (χ4v) is 4.51. The molecule has 1 amide bonds. The molecule has 1 unspecified atom stereocenters.